The molecule has 2 N–H and O–H groups in total. The Morgan fingerprint density at radius 2 is 2.09 bits per heavy atom. The van der Waals surface area contributed by atoms with Crippen molar-refractivity contribution in [3.63, 3.8) is 0 Å². The fourth-order valence-electron chi connectivity index (χ4n) is 2.97. The van der Waals surface area contributed by atoms with Crippen molar-refractivity contribution in [1.29, 1.82) is 0 Å². The van der Waals surface area contributed by atoms with Crippen LogP contribution < -0.4 is 15.0 Å². The highest BCUT2D eigenvalue weighted by molar-refractivity contribution is 6.14. The second-order valence-corrected chi connectivity index (χ2v) is 5.30. The lowest BCUT2D eigenvalue weighted by Gasteiger charge is -2.18. The van der Waals surface area contributed by atoms with Gasteiger partial charge in [-0.05, 0) is 17.7 Å². The number of hydrogen-bond acceptors (Lipinski definition) is 4. The Kier molecular flexibility index (Phi) is 2.63. The van der Waals surface area contributed by atoms with Gasteiger partial charge in [0.15, 0.2) is 11.5 Å². The van der Waals surface area contributed by atoms with Crippen molar-refractivity contribution in [2.45, 2.75) is 6.42 Å². The summed E-state index contributed by atoms with van der Waals surface area (Å²) in [5, 5.41) is 13.0. The van der Waals surface area contributed by atoms with Gasteiger partial charge in [0.1, 0.15) is 0 Å². The number of hydrogen-bond donors (Lipinski definition) is 2. The number of carbonyl (C=O) groups excluding carboxylic acids is 1. The number of methoxy groups -OCH3 is 1. The number of carbonyl (C=O) groups is 1. The van der Waals surface area contributed by atoms with Crippen molar-refractivity contribution < 1.29 is 14.6 Å². The summed E-state index contributed by atoms with van der Waals surface area (Å²) in [5.74, 6) is 0.154. The van der Waals surface area contributed by atoms with Gasteiger partial charge in [0.2, 0.25) is 0 Å². The maximum absolute atomic E-state index is 13.0. The first kappa shape index (κ1) is 12.8. The number of para-hydroxylation sites is 1. The van der Waals surface area contributed by atoms with Crippen molar-refractivity contribution in [2.75, 3.05) is 17.3 Å². The van der Waals surface area contributed by atoms with Crippen LogP contribution in [0.5, 0.6) is 11.5 Å². The van der Waals surface area contributed by atoms with Gasteiger partial charge < -0.3 is 15.2 Å². The average molecular weight is 294 g/mol. The van der Waals surface area contributed by atoms with E-state index in [1.165, 1.54) is 13.2 Å². The van der Waals surface area contributed by atoms with Crippen LogP contribution >= 0.6 is 0 Å². The zero-order valence-electron chi connectivity index (χ0n) is 12.0. The van der Waals surface area contributed by atoms with E-state index in [-0.39, 0.29) is 17.4 Å². The van der Waals surface area contributed by atoms with Gasteiger partial charge in [-0.15, -0.1) is 0 Å². The van der Waals surface area contributed by atoms with E-state index in [1.54, 1.807) is 11.0 Å². The predicted octanol–water partition coefficient (Wildman–Crippen LogP) is 2.87. The highest BCUT2D eigenvalue weighted by Crippen LogP contribution is 2.40. The molecule has 2 aliphatic rings. The van der Waals surface area contributed by atoms with Gasteiger partial charge >= 0.3 is 0 Å². The maximum Gasteiger partial charge on any atom is 0.264 e. The van der Waals surface area contributed by atoms with E-state index in [9.17, 15) is 9.90 Å². The molecule has 5 nitrogen and oxygen atoms in total. The van der Waals surface area contributed by atoms with Crippen LogP contribution in [0.3, 0.4) is 0 Å². The number of phenols is 1. The van der Waals surface area contributed by atoms with Gasteiger partial charge in [0.25, 0.3) is 5.91 Å². The highest BCUT2D eigenvalue weighted by atomic mass is 16.5. The molecule has 2 heterocycles. The van der Waals surface area contributed by atoms with Crippen molar-refractivity contribution in [3.8, 4) is 11.5 Å². The summed E-state index contributed by atoms with van der Waals surface area (Å²) in [6.45, 7) is 0. The van der Waals surface area contributed by atoms with E-state index >= 15 is 0 Å². The summed E-state index contributed by atoms with van der Waals surface area (Å²) in [6, 6.07) is 10.9. The van der Waals surface area contributed by atoms with Gasteiger partial charge in [-0.1, -0.05) is 18.2 Å². The molecule has 0 atom stereocenters. The summed E-state index contributed by atoms with van der Waals surface area (Å²) in [5.41, 5.74) is 3.96. The molecule has 2 aromatic rings. The number of allylic oxidation sites excluding steroid dienone is 1. The van der Waals surface area contributed by atoms with Crippen LogP contribution in [0.15, 0.2) is 48.3 Å². The minimum Gasteiger partial charge on any atom is -0.504 e. The Morgan fingerprint density at radius 1 is 1.27 bits per heavy atom. The number of rotatable bonds is 1. The summed E-state index contributed by atoms with van der Waals surface area (Å²) in [7, 11) is 1.46. The maximum atomic E-state index is 13.0. The number of nitrogens with one attached hydrogen (secondary N) is 1. The van der Waals surface area contributed by atoms with E-state index < -0.39 is 0 Å². The SMILES string of the molecule is COc1cc2c(cc1O)NC=C1Cc3ccccc3N1C2=O. The van der Waals surface area contributed by atoms with Crippen molar-refractivity contribution in [1.82, 2.24) is 0 Å². The van der Waals surface area contributed by atoms with Crippen molar-refractivity contribution >= 4 is 17.3 Å². The minimum absolute atomic E-state index is 0.00223. The third kappa shape index (κ3) is 1.69. The van der Waals surface area contributed by atoms with Gasteiger partial charge in [0, 0.05) is 24.4 Å². The number of phenolic OH excluding ortho intramolecular Hbond substituents is 1. The summed E-state index contributed by atoms with van der Waals surface area (Å²) < 4.78 is 5.12. The first-order valence-electron chi connectivity index (χ1n) is 6.98. The standard InChI is InChI=1S/C17H14N2O3/c1-22-16-7-12-13(8-15(16)20)18-9-11-6-10-4-2-3-5-14(10)19(11)17(12)21/h2-5,7-9,18,20H,6H2,1H3. The molecule has 0 radical (unpaired) electrons. The molecule has 0 aromatic heterocycles. The molecule has 0 saturated carbocycles. The Hall–Kier alpha value is -2.95. The van der Waals surface area contributed by atoms with Gasteiger partial charge in [-0.3, -0.25) is 9.69 Å². The van der Waals surface area contributed by atoms with E-state index in [2.05, 4.69) is 5.32 Å². The quantitative estimate of drug-likeness (QED) is 0.849. The molecule has 2 aliphatic heterocycles. The Labute approximate surface area is 127 Å². The topological polar surface area (TPSA) is 61.8 Å². The number of anilines is 2. The Bertz CT molecular complexity index is 827. The normalized spacial score (nSPS) is 15.2. The molecule has 0 aliphatic carbocycles. The smallest absolute Gasteiger partial charge is 0.264 e. The van der Waals surface area contributed by atoms with Gasteiger partial charge in [0.05, 0.1) is 24.0 Å². The second kappa shape index (κ2) is 4.53. The van der Waals surface area contributed by atoms with Gasteiger partial charge in [-0.25, -0.2) is 0 Å². The summed E-state index contributed by atoms with van der Waals surface area (Å²) >= 11 is 0. The van der Waals surface area contributed by atoms with Crippen LogP contribution in [0.2, 0.25) is 0 Å². The van der Waals surface area contributed by atoms with Gasteiger partial charge in [-0.2, -0.15) is 0 Å². The lowest BCUT2D eigenvalue weighted by atomic mass is 10.1. The van der Waals surface area contributed by atoms with Crippen LogP contribution in [0.25, 0.3) is 0 Å². The first-order valence-corrected chi connectivity index (χ1v) is 6.98. The molecular weight excluding hydrogens is 280 g/mol. The molecule has 4 rings (SSSR count). The number of ether oxygens (including phenoxy) is 1. The molecule has 0 spiro atoms. The summed E-state index contributed by atoms with van der Waals surface area (Å²) in [6.07, 6.45) is 2.52. The third-order valence-corrected chi connectivity index (χ3v) is 4.04. The average Bonchev–Trinajstić information content (AvgIpc) is 2.84. The number of aromatic hydroxyl groups is 1. The van der Waals surface area contributed by atoms with E-state index in [1.807, 2.05) is 30.5 Å². The third-order valence-electron chi connectivity index (χ3n) is 4.04. The number of benzene rings is 2. The Morgan fingerprint density at radius 3 is 2.91 bits per heavy atom. The van der Waals surface area contributed by atoms with E-state index in [4.69, 9.17) is 4.74 Å². The monoisotopic (exact) mass is 294 g/mol. The van der Waals surface area contributed by atoms with Crippen LogP contribution in [0.4, 0.5) is 11.4 Å². The number of amides is 1. The number of fused-ring (bicyclic) bond motifs is 4. The molecule has 0 bridgehead atoms. The van der Waals surface area contributed by atoms with Crippen LogP contribution in [-0.2, 0) is 6.42 Å². The molecule has 0 fully saturated rings. The second-order valence-electron chi connectivity index (χ2n) is 5.30. The zero-order valence-corrected chi connectivity index (χ0v) is 12.0. The van der Waals surface area contributed by atoms with E-state index in [0.29, 0.717) is 17.7 Å². The molecule has 110 valence electrons. The Balaban J connectivity index is 1.88. The molecular formula is C17H14N2O3. The molecule has 5 heteroatoms. The zero-order chi connectivity index (χ0) is 15.3. The summed E-state index contributed by atoms with van der Waals surface area (Å²) in [4.78, 5) is 14.7. The lowest BCUT2D eigenvalue weighted by Crippen LogP contribution is -2.26. The molecule has 2 aromatic carbocycles. The number of nitrogens with zero attached hydrogens (tertiary/aromatic N) is 1. The van der Waals surface area contributed by atoms with Crippen LogP contribution in [0, 0.1) is 0 Å². The van der Waals surface area contributed by atoms with Crippen molar-refractivity contribution in [3.05, 3.63) is 59.4 Å². The van der Waals surface area contributed by atoms with Crippen molar-refractivity contribution in [2.24, 2.45) is 0 Å². The highest BCUT2D eigenvalue weighted by Gasteiger charge is 2.33. The molecule has 0 saturated heterocycles. The molecule has 0 unspecified atom stereocenters. The minimum atomic E-state index is -0.130. The molecule has 1 amide bonds. The largest absolute Gasteiger partial charge is 0.504 e. The lowest BCUT2D eigenvalue weighted by molar-refractivity contribution is 0.0997. The fraction of sp³-hybridized carbons (Fsp3) is 0.118. The van der Waals surface area contributed by atoms with E-state index in [0.717, 1.165) is 16.9 Å². The fourth-order valence-corrected chi connectivity index (χ4v) is 2.97. The molecule has 22 heavy (non-hydrogen) atoms. The van der Waals surface area contributed by atoms with Crippen LogP contribution in [0.1, 0.15) is 15.9 Å². The predicted molar refractivity (Wildman–Crippen MR) is 83.3 cm³/mol. The first-order chi connectivity index (χ1) is 10.7. The van der Waals surface area contributed by atoms with Crippen LogP contribution in [-0.4, -0.2) is 18.1 Å².